The summed E-state index contributed by atoms with van der Waals surface area (Å²) in [4.78, 5) is 13.4. The van der Waals surface area contributed by atoms with Gasteiger partial charge in [0.15, 0.2) is 0 Å². The fourth-order valence-corrected chi connectivity index (χ4v) is 2.93. The van der Waals surface area contributed by atoms with Crippen molar-refractivity contribution >= 4 is 17.6 Å². The van der Waals surface area contributed by atoms with Crippen molar-refractivity contribution in [2.75, 3.05) is 13.1 Å². The predicted octanol–water partition coefficient (Wildman–Crippen LogP) is 3.07. The van der Waals surface area contributed by atoms with Crippen molar-refractivity contribution in [1.82, 2.24) is 4.90 Å². The van der Waals surface area contributed by atoms with Crippen LogP contribution in [0.2, 0.25) is 5.02 Å². The largest absolute Gasteiger partial charge is 0.481 e. The van der Waals surface area contributed by atoms with Gasteiger partial charge in [-0.2, -0.15) is 0 Å². The molecule has 1 N–H and O–H groups in total. The fourth-order valence-electron chi connectivity index (χ4n) is 2.72. The van der Waals surface area contributed by atoms with Crippen molar-refractivity contribution in [3.05, 3.63) is 34.9 Å². The lowest BCUT2D eigenvalue weighted by Gasteiger charge is -2.35. The van der Waals surface area contributed by atoms with Gasteiger partial charge in [0.1, 0.15) is 0 Å². The molecule has 0 aliphatic carbocycles. The van der Waals surface area contributed by atoms with E-state index in [1.807, 2.05) is 24.3 Å². The van der Waals surface area contributed by atoms with Crippen LogP contribution in [0.5, 0.6) is 0 Å². The number of piperidine rings is 1. The maximum absolute atomic E-state index is 11.1. The van der Waals surface area contributed by atoms with E-state index in [2.05, 4.69) is 11.8 Å². The Morgan fingerprint density at radius 2 is 2.26 bits per heavy atom. The third-order valence-corrected chi connectivity index (χ3v) is 4.27. The van der Waals surface area contributed by atoms with Crippen LogP contribution in [0.25, 0.3) is 0 Å². The number of carboxylic acids is 1. The third kappa shape index (κ3) is 3.71. The average Bonchev–Trinajstić information content (AvgIpc) is 2.41. The van der Waals surface area contributed by atoms with E-state index in [0.29, 0.717) is 12.6 Å². The minimum atomic E-state index is -0.672. The Morgan fingerprint density at radius 3 is 2.95 bits per heavy atom. The molecule has 2 unspecified atom stereocenters. The van der Waals surface area contributed by atoms with Gasteiger partial charge in [-0.3, -0.25) is 9.69 Å². The Hall–Kier alpha value is -1.06. The molecule has 0 amide bonds. The van der Waals surface area contributed by atoms with Gasteiger partial charge in [-0.1, -0.05) is 29.8 Å². The Kier molecular flexibility index (Phi) is 4.83. The number of hydrogen-bond acceptors (Lipinski definition) is 2. The van der Waals surface area contributed by atoms with Gasteiger partial charge in [-0.05, 0) is 44.4 Å². The second-order valence-electron chi connectivity index (χ2n) is 5.32. The van der Waals surface area contributed by atoms with Crippen LogP contribution in [0.3, 0.4) is 0 Å². The second-order valence-corrected chi connectivity index (χ2v) is 5.72. The van der Waals surface area contributed by atoms with E-state index in [1.54, 1.807) is 0 Å². The maximum Gasteiger partial charge on any atom is 0.307 e. The molecule has 1 saturated heterocycles. The summed E-state index contributed by atoms with van der Waals surface area (Å²) in [5.41, 5.74) is 1.13. The molecule has 4 heteroatoms. The van der Waals surface area contributed by atoms with Gasteiger partial charge in [0, 0.05) is 17.6 Å². The van der Waals surface area contributed by atoms with Crippen molar-refractivity contribution < 1.29 is 9.90 Å². The van der Waals surface area contributed by atoms with Crippen molar-refractivity contribution in [1.29, 1.82) is 0 Å². The summed E-state index contributed by atoms with van der Waals surface area (Å²) in [5, 5.41) is 9.92. The molecular formula is C15H20ClNO2. The zero-order chi connectivity index (χ0) is 13.8. The molecule has 2 atom stereocenters. The minimum absolute atomic E-state index is 0.220. The zero-order valence-corrected chi connectivity index (χ0v) is 11.9. The molecule has 0 radical (unpaired) electrons. The molecule has 1 aromatic carbocycles. The molecule has 2 rings (SSSR count). The summed E-state index contributed by atoms with van der Waals surface area (Å²) in [7, 11) is 0. The van der Waals surface area contributed by atoms with Gasteiger partial charge in [-0.15, -0.1) is 0 Å². The molecule has 1 aliphatic heterocycles. The second kappa shape index (κ2) is 6.40. The Labute approximate surface area is 119 Å². The first-order valence-electron chi connectivity index (χ1n) is 6.78. The standard InChI is InChI=1S/C15H20ClNO2/c1-11(9-12-5-2-3-7-14(12)16)17-8-4-6-13(10-17)15(18)19/h2-3,5,7,11,13H,4,6,8-10H2,1H3,(H,18,19). The lowest BCUT2D eigenvalue weighted by atomic mass is 9.95. The molecule has 0 saturated carbocycles. The van der Waals surface area contributed by atoms with E-state index in [9.17, 15) is 4.79 Å². The van der Waals surface area contributed by atoms with E-state index in [1.165, 1.54) is 0 Å². The number of nitrogens with zero attached hydrogens (tertiary/aromatic N) is 1. The summed E-state index contributed by atoms with van der Waals surface area (Å²) in [6.45, 7) is 3.78. The molecule has 1 fully saturated rings. The predicted molar refractivity (Wildman–Crippen MR) is 76.6 cm³/mol. The normalized spacial score (nSPS) is 22.1. The van der Waals surface area contributed by atoms with Crippen LogP contribution in [0.1, 0.15) is 25.3 Å². The number of carbonyl (C=O) groups is 1. The summed E-state index contributed by atoms with van der Waals surface area (Å²) >= 11 is 6.17. The summed E-state index contributed by atoms with van der Waals surface area (Å²) in [6.07, 6.45) is 2.63. The lowest BCUT2D eigenvalue weighted by Crippen LogP contribution is -2.44. The highest BCUT2D eigenvalue weighted by Gasteiger charge is 2.28. The van der Waals surface area contributed by atoms with Crippen molar-refractivity contribution in [3.8, 4) is 0 Å². The number of rotatable bonds is 4. The van der Waals surface area contributed by atoms with Crippen LogP contribution in [0.4, 0.5) is 0 Å². The number of hydrogen-bond donors (Lipinski definition) is 1. The van der Waals surface area contributed by atoms with E-state index in [4.69, 9.17) is 16.7 Å². The summed E-state index contributed by atoms with van der Waals surface area (Å²) < 4.78 is 0. The SMILES string of the molecule is CC(Cc1ccccc1Cl)N1CCCC(C(=O)O)C1. The highest BCUT2D eigenvalue weighted by molar-refractivity contribution is 6.31. The zero-order valence-electron chi connectivity index (χ0n) is 11.2. The van der Waals surface area contributed by atoms with Crippen molar-refractivity contribution in [2.24, 2.45) is 5.92 Å². The first kappa shape index (κ1) is 14.4. The summed E-state index contributed by atoms with van der Waals surface area (Å²) in [6, 6.07) is 8.18. The van der Waals surface area contributed by atoms with E-state index >= 15 is 0 Å². The van der Waals surface area contributed by atoms with Crippen LogP contribution in [0.15, 0.2) is 24.3 Å². The number of benzene rings is 1. The number of halogens is 1. The molecule has 19 heavy (non-hydrogen) atoms. The summed E-state index contributed by atoms with van der Waals surface area (Å²) in [5.74, 6) is -0.892. The number of likely N-dealkylation sites (tertiary alicyclic amines) is 1. The van der Waals surface area contributed by atoms with Gasteiger partial charge in [0.25, 0.3) is 0 Å². The molecule has 0 bridgehead atoms. The Bertz CT molecular complexity index is 450. The van der Waals surface area contributed by atoms with Gasteiger partial charge in [0.2, 0.25) is 0 Å². The Morgan fingerprint density at radius 1 is 1.53 bits per heavy atom. The molecule has 1 aliphatic rings. The molecule has 0 spiro atoms. The highest BCUT2D eigenvalue weighted by atomic mass is 35.5. The lowest BCUT2D eigenvalue weighted by molar-refractivity contribution is -0.143. The van der Waals surface area contributed by atoms with E-state index < -0.39 is 5.97 Å². The van der Waals surface area contributed by atoms with Gasteiger partial charge >= 0.3 is 5.97 Å². The molecule has 3 nitrogen and oxygen atoms in total. The smallest absolute Gasteiger partial charge is 0.307 e. The molecule has 1 aromatic rings. The van der Waals surface area contributed by atoms with Gasteiger partial charge in [0.05, 0.1) is 5.92 Å². The third-order valence-electron chi connectivity index (χ3n) is 3.90. The highest BCUT2D eigenvalue weighted by Crippen LogP contribution is 2.22. The number of carboxylic acid groups (broad SMARTS) is 1. The molecule has 0 aromatic heterocycles. The van der Waals surface area contributed by atoms with Crippen LogP contribution in [0, 0.1) is 5.92 Å². The molecule has 1 heterocycles. The van der Waals surface area contributed by atoms with Crippen LogP contribution < -0.4 is 0 Å². The average molecular weight is 282 g/mol. The van der Waals surface area contributed by atoms with E-state index in [-0.39, 0.29) is 5.92 Å². The van der Waals surface area contributed by atoms with Gasteiger partial charge in [-0.25, -0.2) is 0 Å². The van der Waals surface area contributed by atoms with Crippen LogP contribution in [-0.4, -0.2) is 35.1 Å². The first-order chi connectivity index (χ1) is 9.08. The molecular weight excluding hydrogens is 262 g/mol. The minimum Gasteiger partial charge on any atom is -0.481 e. The maximum atomic E-state index is 11.1. The van der Waals surface area contributed by atoms with Crippen LogP contribution in [-0.2, 0) is 11.2 Å². The van der Waals surface area contributed by atoms with E-state index in [0.717, 1.165) is 36.4 Å². The Balaban J connectivity index is 1.98. The quantitative estimate of drug-likeness (QED) is 0.922. The molecule has 104 valence electrons. The van der Waals surface area contributed by atoms with Crippen LogP contribution >= 0.6 is 11.6 Å². The monoisotopic (exact) mass is 281 g/mol. The first-order valence-corrected chi connectivity index (χ1v) is 7.16. The van der Waals surface area contributed by atoms with Crippen molar-refractivity contribution in [2.45, 2.75) is 32.2 Å². The fraction of sp³-hybridized carbons (Fsp3) is 0.533. The topological polar surface area (TPSA) is 40.5 Å². The van der Waals surface area contributed by atoms with Crippen molar-refractivity contribution in [3.63, 3.8) is 0 Å². The van der Waals surface area contributed by atoms with Gasteiger partial charge < -0.3 is 5.11 Å². The number of aliphatic carboxylic acids is 1.